The van der Waals surface area contributed by atoms with Crippen molar-refractivity contribution in [3.63, 3.8) is 0 Å². The molecular formula is C13H13BrClN3O3. The summed E-state index contributed by atoms with van der Waals surface area (Å²) in [7, 11) is 0. The summed E-state index contributed by atoms with van der Waals surface area (Å²) in [5, 5.41) is 16.6. The summed E-state index contributed by atoms with van der Waals surface area (Å²) in [5.74, 6) is 0.597. The molecule has 0 aliphatic rings. The van der Waals surface area contributed by atoms with E-state index in [-0.39, 0.29) is 11.3 Å². The fourth-order valence-electron chi connectivity index (χ4n) is 1.72. The Kier molecular flexibility index (Phi) is 5.19. The number of carbonyl (C=O) groups is 1. The Balaban J connectivity index is 1.87. The first-order chi connectivity index (χ1) is 9.97. The van der Waals surface area contributed by atoms with Gasteiger partial charge in [0.2, 0.25) is 5.89 Å². The quantitative estimate of drug-likeness (QED) is 0.786. The Hall–Kier alpha value is -1.60. The number of hydrogen-bond acceptors (Lipinski definition) is 5. The lowest BCUT2D eigenvalue weighted by molar-refractivity contribution is 0.0950. The van der Waals surface area contributed by atoms with E-state index in [0.29, 0.717) is 40.6 Å². The molecule has 0 saturated carbocycles. The molecular weight excluding hydrogens is 362 g/mol. The van der Waals surface area contributed by atoms with Crippen molar-refractivity contribution < 1.29 is 14.4 Å². The van der Waals surface area contributed by atoms with Gasteiger partial charge in [0.15, 0.2) is 5.82 Å². The SMILES string of the molecule is Cc1noc(CCCNC(=O)c2cc(Cl)cc(Br)c2O)n1. The fraction of sp³-hybridized carbons (Fsp3) is 0.308. The zero-order valence-corrected chi connectivity index (χ0v) is 13.5. The van der Waals surface area contributed by atoms with Crippen LogP contribution in [-0.2, 0) is 6.42 Å². The first kappa shape index (κ1) is 15.8. The van der Waals surface area contributed by atoms with Crippen molar-refractivity contribution >= 4 is 33.4 Å². The van der Waals surface area contributed by atoms with Crippen LogP contribution in [0.4, 0.5) is 0 Å². The summed E-state index contributed by atoms with van der Waals surface area (Å²) in [6.07, 6.45) is 1.22. The van der Waals surface area contributed by atoms with Crippen LogP contribution in [0.3, 0.4) is 0 Å². The first-order valence-corrected chi connectivity index (χ1v) is 7.40. The summed E-state index contributed by atoms with van der Waals surface area (Å²) >= 11 is 9.00. The summed E-state index contributed by atoms with van der Waals surface area (Å²) < 4.78 is 5.35. The summed E-state index contributed by atoms with van der Waals surface area (Å²) in [6, 6.07) is 2.93. The van der Waals surface area contributed by atoms with E-state index in [2.05, 4.69) is 31.4 Å². The molecule has 1 aromatic carbocycles. The number of halogens is 2. The van der Waals surface area contributed by atoms with Crippen LogP contribution in [0, 0.1) is 6.92 Å². The van der Waals surface area contributed by atoms with Gasteiger partial charge in [-0.25, -0.2) is 0 Å². The molecule has 112 valence electrons. The van der Waals surface area contributed by atoms with Gasteiger partial charge in [0, 0.05) is 18.0 Å². The highest BCUT2D eigenvalue weighted by molar-refractivity contribution is 9.10. The fourth-order valence-corrected chi connectivity index (χ4v) is 2.53. The number of aryl methyl sites for hydroxylation is 2. The Morgan fingerprint density at radius 3 is 2.95 bits per heavy atom. The van der Waals surface area contributed by atoms with Crippen molar-refractivity contribution in [3.05, 3.63) is 38.9 Å². The van der Waals surface area contributed by atoms with Gasteiger partial charge >= 0.3 is 0 Å². The molecule has 0 saturated heterocycles. The van der Waals surface area contributed by atoms with Crippen LogP contribution >= 0.6 is 27.5 Å². The highest BCUT2D eigenvalue weighted by Gasteiger charge is 2.14. The number of hydrogen-bond donors (Lipinski definition) is 2. The molecule has 0 aliphatic heterocycles. The monoisotopic (exact) mass is 373 g/mol. The van der Waals surface area contributed by atoms with Crippen LogP contribution in [0.15, 0.2) is 21.1 Å². The van der Waals surface area contributed by atoms with E-state index in [1.165, 1.54) is 12.1 Å². The van der Waals surface area contributed by atoms with Gasteiger partial charge < -0.3 is 14.9 Å². The second-order valence-electron chi connectivity index (χ2n) is 4.38. The first-order valence-electron chi connectivity index (χ1n) is 6.23. The maximum Gasteiger partial charge on any atom is 0.255 e. The average Bonchev–Trinajstić information content (AvgIpc) is 2.84. The summed E-state index contributed by atoms with van der Waals surface area (Å²) in [5.41, 5.74) is 0.128. The minimum absolute atomic E-state index is 0.128. The third-order valence-corrected chi connectivity index (χ3v) is 3.52. The predicted octanol–water partition coefficient (Wildman–Crippen LogP) is 2.86. The molecule has 0 radical (unpaired) electrons. The highest BCUT2D eigenvalue weighted by atomic mass is 79.9. The lowest BCUT2D eigenvalue weighted by Crippen LogP contribution is -2.25. The number of amides is 1. The molecule has 2 N–H and O–H groups in total. The number of nitrogens with one attached hydrogen (secondary N) is 1. The van der Waals surface area contributed by atoms with Crippen LogP contribution in [0.2, 0.25) is 5.02 Å². The number of phenolic OH excluding ortho intramolecular Hbond substituents is 1. The molecule has 0 atom stereocenters. The van der Waals surface area contributed by atoms with Crippen LogP contribution in [-0.4, -0.2) is 27.7 Å². The van der Waals surface area contributed by atoms with E-state index >= 15 is 0 Å². The zero-order chi connectivity index (χ0) is 15.4. The predicted molar refractivity (Wildman–Crippen MR) is 80.5 cm³/mol. The molecule has 1 amide bonds. The largest absolute Gasteiger partial charge is 0.506 e. The smallest absolute Gasteiger partial charge is 0.255 e. The van der Waals surface area contributed by atoms with Crippen LogP contribution in [0.25, 0.3) is 0 Å². The molecule has 0 bridgehead atoms. The molecule has 0 unspecified atom stereocenters. The van der Waals surface area contributed by atoms with Gasteiger partial charge in [0.1, 0.15) is 5.75 Å². The van der Waals surface area contributed by atoms with Gasteiger partial charge in [-0.3, -0.25) is 4.79 Å². The maximum absolute atomic E-state index is 12.0. The van der Waals surface area contributed by atoms with Crippen molar-refractivity contribution in [3.8, 4) is 5.75 Å². The standard InChI is InChI=1S/C13H13BrClN3O3/c1-7-17-11(21-18-7)3-2-4-16-13(20)9-5-8(15)6-10(14)12(9)19/h5-6,19H,2-4H2,1H3,(H,16,20). The molecule has 0 fully saturated rings. The summed E-state index contributed by atoms with van der Waals surface area (Å²) in [4.78, 5) is 16.1. The zero-order valence-electron chi connectivity index (χ0n) is 11.2. The molecule has 1 heterocycles. The van der Waals surface area contributed by atoms with E-state index in [0.717, 1.165) is 0 Å². The lowest BCUT2D eigenvalue weighted by Gasteiger charge is -2.08. The molecule has 0 aliphatic carbocycles. The number of aromatic hydroxyl groups is 1. The Morgan fingerprint density at radius 2 is 2.29 bits per heavy atom. The number of aromatic nitrogens is 2. The maximum atomic E-state index is 12.0. The lowest BCUT2D eigenvalue weighted by atomic mass is 10.2. The Bertz CT molecular complexity index is 660. The van der Waals surface area contributed by atoms with Gasteiger partial charge in [0.25, 0.3) is 5.91 Å². The minimum atomic E-state index is -0.391. The van der Waals surface area contributed by atoms with E-state index < -0.39 is 5.91 Å². The van der Waals surface area contributed by atoms with Crippen LogP contribution < -0.4 is 5.32 Å². The van der Waals surface area contributed by atoms with Gasteiger partial charge in [-0.15, -0.1) is 0 Å². The minimum Gasteiger partial charge on any atom is -0.506 e. The number of rotatable bonds is 5. The van der Waals surface area contributed by atoms with Gasteiger partial charge in [0.05, 0.1) is 10.0 Å². The van der Waals surface area contributed by atoms with Crippen molar-refractivity contribution in [1.29, 1.82) is 0 Å². The Morgan fingerprint density at radius 1 is 1.52 bits per heavy atom. The van der Waals surface area contributed by atoms with Gasteiger partial charge in [-0.2, -0.15) is 4.98 Å². The molecule has 8 heteroatoms. The van der Waals surface area contributed by atoms with E-state index in [1.54, 1.807) is 6.92 Å². The van der Waals surface area contributed by atoms with Crippen molar-refractivity contribution in [2.24, 2.45) is 0 Å². The van der Waals surface area contributed by atoms with Crippen molar-refractivity contribution in [2.45, 2.75) is 19.8 Å². The van der Waals surface area contributed by atoms with Crippen molar-refractivity contribution in [2.75, 3.05) is 6.54 Å². The molecule has 21 heavy (non-hydrogen) atoms. The number of carbonyl (C=O) groups excluding carboxylic acids is 1. The normalized spacial score (nSPS) is 10.6. The molecule has 0 spiro atoms. The molecule has 2 rings (SSSR count). The number of nitrogens with zero attached hydrogens (tertiary/aromatic N) is 2. The molecule has 6 nitrogen and oxygen atoms in total. The van der Waals surface area contributed by atoms with E-state index in [4.69, 9.17) is 16.1 Å². The van der Waals surface area contributed by atoms with Gasteiger partial charge in [-0.1, -0.05) is 16.8 Å². The third kappa shape index (κ3) is 4.18. The van der Waals surface area contributed by atoms with Crippen LogP contribution in [0.5, 0.6) is 5.75 Å². The summed E-state index contributed by atoms with van der Waals surface area (Å²) in [6.45, 7) is 2.17. The average molecular weight is 375 g/mol. The second-order valence-corrected chi connectivity index (χ2v) is 5.67. The molecule has 2 aromatic rings. The van der Waals surface area contributed by atoms with E-state index in [1.807, 2.05) is 0 Å². The Labute approximate surface area is 134 Å². The van der Waals surface area contributed by atoms with Gasteiger partial charge in [-0.05, 0) is 41.4 Å². The number of benzene rings is 1. The highest BCUT2D eigenvalue weighted by Crippen LogP contribution is 2.31. The van der Waals surface area contributed by atoms with Crippen LogP contribution in [0.1, 0.15) is 28.5 Å². The molecule has 1 aromatic heterocycles. The number of phenols is 1. The van der Waals surface area contributed by atoms with E-state index in [9.17, 15) is 9.90 Å². The topological polar surface area (TPSA) is 88.2 Å². The second kappa shape index (κ2) is 6.91. The third-order valence-electron chi connectivity index (χ3n) is 2.70. The van der Waals surface area contributed by atoms with Crippen molar-refractivity contribution in [1.82, 2.24) is 15.5 Å².